The third-order valence-electron chi connectivity index (χ3n) is 4.96. The number of ether oxygens (including phenoxy) is 1. The standard InChI is InChI=1S/C23H23N3O3S/c1-16-14-19(26-9-11-29-12-10-26)7-8-20(16)25-22(27)17-4-2-5-18(15-17)24-23(28)21-6-3-13-30-21/h2-8,13-15H,9-12H2,1H3,(H,24,28)(H,25,27). The number of thiophene rings is 1. The molecule has 0 radical (unpaired) electrons. The molecule has 2 heterocycles. The van der Waals surface area contributed by atoms with Gasteiger partial charge >= 0.3 is 0 Å². The molecule has 1 aliphatic heterocycles. The highest BCUT2D eigenvalue weighted by atomic mass is 32.1. The molecule has 0 bridgehead atoms. The number of hydrogen-bond donors (Lipinski definition) is 2. The van der Waals surface area contributed by atoms with Gasteiger partial charge in [-0.05, 0) is 60.3 Å². The van der Waals surface area contributed by atoms with Crippen LogP contribution in [0.25, 0.3) is 0 Å². The third kappa shape index (κ3) is 4.69. The Morgan fingerprint density at radius 3 is 2.53 bits per heavy atom. The van der Waals surface area contributed by atoms with E-state index in [0.29, 0.717) is 16.1 Å². The first-order valence-corrected chi connectivity index (χ1v) is 10.7. The molecular weight excluding hydrogens is 398 g/mol. The molecule has 30 heavy (non-hydrogen) atoms. The van der Waals surface area contributed by atoms with Crippen LogP contribution in [0.4, 0.5) is 17.1 Å². The van der Waals surface area contributed by atoms with Gasteiger partial charge in [0.1, 0.15) is 0 Å². The number of nitrogens with one attached hydrogen (secondary N) is 2. The monoisotopic (exact) mass is 421 g/mol. The van der Waals surface area contributed by atoms with Gasteiger partial charge in [0.2, 0.25) is 0 Å². The van der Waals surface area contributed by atoms with Crippen LogP contribution in [0.2, 0.25) is 0 Å². The van der Waals surface area contributed by atoms with Crippen LogP contribution in [0.5, 0.6) is 0 Å². The second-order valence-electron chi connectivity index (χ2n) is 7.06. The minimum Gasteiger partial charge on any atom is -0.378 e. The van der Waals surface area contributed by atoms with Crippen molar-refractivity contribution in [2.45, 2.75) is 6.92 Å². The first kappa shape index (κ1) is 20.1. The van der Waals surface area contributed by atoms with Crippen molar-refractivity contribution in [2.75, 3.05) is 41.8 Å². The highest BCUT2D eigenvalue weighted by molar-refractivity contribution is 7.12. The summed E-state index contributed by atoms with van der Waals surface area (Å²) >= 11 is 1.37. The summed E-state index contributed by atoms with van der Waals surface area (Å²) in [5.41, 5.74) is 3.96. The normalized spacial score (nSPS) is 13.7. The lowest BCUT2D eigenvalue weighted by atomic mass is 10.1. The Hall–Kier alpha value is -3.16. The molecule has 7 heteroatoms. The van der Waals surface area contributed by atoms with Crippen molar-refractivity contribution in [1.29, 1.82) is 0 Å². The smallest absolute Gasteiger partial charge is 0.265 e. The molecule has 1 aromatic heterocycles. The quantitative estimate of drug-likeness (QED) is 0.641. The largest absolute Gasteiger partial charge is 0.378 e. The fourth-order valence-corrected chi connectivity index (χ4v) is 3.96. The maximum absolute atomic E-state index is 12.8. The SMILES string of the molecule is Cc1cc(N2CCOCC2)ccc1NC(=O)c1cccc(NC(=O)c2cccs2)c1. The van der Waals surface area contributed by atoms with Crippen LogP contribution in [0.1, 0.15) is 25.6 Å². The summed E-state index contributed by atoms with van der Waals surface area (Å²) in [5.74, 6) is -0.401. The summed E-state index contributed by atoms with van der Waals surface area (Å²) in [7, 11) is 0. The number of benzene rings is 2. The van der Waals surface area contributed by atoms with Gasteiger partial charge in [0, 0.05) is 35.7 Å². The number of hydrogen-bond acceptors (Lipinski definition) is 5. The van der Waals surface area contributed by atoms with Crippen molar-refractivity contribution in [3.8, 4) is 0 Å². The van der Waals surface area contributed by atoms with E-state index in [1.54, 1.807) is 30.3 Å². The average molecular weight is 422 g/mol. The predicted octanol–water partition coefficient (Wildman–Crippen LogP) is 4.40. The number of nitrogens with zero attached hydrogens (tertiary/aromatic N) is 1. The number of anilines is 3. The zero-order valence-electron chi connectivity index (χ0n) is 16.7. The van der Waals surface area contributed by atoms with E-state index in [2.05, 4.69) is 21.6 Å². The molecule has 1 fully saturated rings. The molecule has 2 N–H and O–H groups in total. The van der Waals surface area contributed by atoms with Gasteiger partial charge in [-0.15, -0.1) is 11.3 Å². The molecule has 2 amide bonds. The van der Waals surface area contributed by atoms with E-state index in [1.807, 2.05) is 30.5 Å². The Balaban J connectivity index is 1.44. The number of carbonyl (C=O) groups is 2. The first-order valence-electron chi connectivity index (χ1n) is 9.80. The summed E-state index contributed by atoms with van der Waals surface area (Å²) in [6.45, 7) is 5.19. The molecular formula is C23H23N3O3S. The van der Waals surface area contributed by atoms with Gasteiger partial charge in [-0.3, -0.25) is 9.59 Å². The van der Waals surface area contributed by atoms with Gasteiger partial charge in [0.05, 0.1) is 18.1 Å². The van der Waals surface area contributed by atoms with E-state index >= 15 is 0 Å². The first-order chi connectivity index (χ1) is 14.6. The van der Waals surface area contributed by atoms with E-state index in [0.717, 1.165) is 43.2 Å². The van der Waals surface area contributed by atoms with Crippen LogP contribution < -0.4 is 15.5 Å². The molecule has 1 aliphatic rings. The van der Waals surface area contributed by atoms with Crippen LogP contribution >= 0.6 is 11.3 Å². The molecule has 0 atom stereocenters. The Morgan fingerprint density at radius 2 is 1.80 bits per heavy atom. The van der Waals surface area contributed by atoms with Crippen LogP contribution in [0.3, 0.4) is 0 Å². The third-order valence-corrected chi connectivity index (χ3v) is 5.83. The van der Waals surface area contributed by atoms with Gasteiger partial charge in [0.25, 0.3) is 11.8 Å². The fraction of sp³-hybridized carbons (Fsp3) is 0.217. The van der Waals surface area contributed by atoms with Crippen molar-refractivity contribution < 1.29 is 14.3 Å². The lowest BCUT2D eigenvalue weighted by Gasteiger charge is -2.29. The molecule has 3 aromatic rings. The molecule has 154 valence electrons. The Bertz CT molecular complexity index is 1040. The maximum atomic E-state index is 12.8. The maximum Gasteiger partial charge on any atom is 0.265 e. The molecule has 0 saturated carbocycles. The minimum atomic E-state index is -0.218. The van der Waals surface area contributed by atoms with Crippen LogP contribution in [-0.2, 0) is 4.74 Å². The Kier molecular flexibility index (Phi) is 6.11. The number of aryl methyl sites for hydroxylation is 1. The highest BCUT2D eigenvalue weighted by Crippen LogP contribution is 2.24. The van der Waals surface area contributed by atoms with Gasteiger partial charge in [0.15, 0.2) is 0 Å². The second kappa shape index (κ2) is 9.11. The van der Waals surface area contributed by atoms with Gasteiger partial charge in [-0.25, -0.2) is 0 Å². The van der Waals surface area contributed by atoms with Crippen molar-refractivity contribution in [2.24, 2.45) is 0 Å². The van der Waals surface area contributed by atoms with Crippen molar-refractivity contribution >= 4 is 40.2 Å². The number of amides is 2. The van der Waals surface area contributed by atoms with E-state index in [9.17, 15) is 9.59 Å². The lowest BCUT2D eigenvalue weighted by Crippen LogP contribution is -2.36. The van der Waals surface area contributed by atoms with Crippen LogP contribution in [0.15, 0.2) is 60.0 Å². The summed E-state index contributed by atoms with van der Waals surface area (Å²) in [6.07, 6.45) is 0. The highest BCUT2D eigenvalue weighted by Gasteiger charge is 2.14. The second-order valence-corrected chi connectivity index (χ2v) is 8.01. The van der Waals surface area contributed by atoms with Crippen LogP contribution in [-0.4, -0.2) is 38.1 Å². The van der Waals surface area contributed by atoms with Gasteiger partial charge < -0.3 is 20.3 Å². The van der Waals surface area contributed by atoms with E-state index in [-0.39, 0.29) is 11.8 Å². The molecule has 0 unspecified atom stereocenters. The molecule has 6 nitrogen and oxygen atoms in total. The average Bonchev–Trinajstić information content (AvgIpc) is 3.31. The number of rotatable bonds is 5. The zero-order valence-corrected chi connectivity index (χ0v) is 17.5. The molecule has 1 saturated heterocycles. The zero-order chi connectivity index (χ0) is 20.9. The topological polar surface area (TPSA) is 70.7 Å². The summed E-state index contributed by atoms with van der Waals surface area (Å²) in [4.78, 5) is 27.9. The van der Waals surface area contributed by atoms with E-state index in [4.69, 9.17) is 4.74 Å². The summed E-state index contributed by atoms with van der Waals surface area (Å²) < 4.78 is 5.41. The lowest BCUT2D eigenvalue weighted by molar-refractivity contribution is 0.101. The minimum absolute atomic E-state index is 0.183. The summed E-state index contributed by atoms with van der Waals surface area (Å²) in [6, 6.07) is 16.6. The molecule has 2 aromatic carbocycles. The van der Waals surface area contributed by atoms with Gasteiger partial charge in [-0.2, -0.15) is 0 Å². The number of morpholine rings is 1. The number of carbonyl (C=O) groups excluding carboxylic acids is 2. The molecule has 0 spiro atoms. The molecule has 4 rings (SSSR count). The van der Waals surface area contributed by atoms with E-state index < -0.39 is 0 Å². The van der Waals surface area contributed by atoms with Crippen molar-refractivity contribution in [3.63, 3.8) is 0 Å². The fourth-order valence-electron chi connectivity index (χ4n) is 3.34. The van der Waals surface area contributed by atoms with E-state index in [1.165, 1.54) is 11.3 Å². The van der Waals surface area contributed by atoms with Gasteiger partial charge in [-0.1, -0.05) is 12.1 Å². The van der Waals surface area contributed by atoms with Crippen molar-refractivity contribution in [3.05, 3.63) is 76.0 Å². The molecule has 0 aliphatic carbocycles. The summed E-state index contributed by atoms with van der Waals surface area (Å²) in [5, 5.41) is 7.66. The Morgan fingerprint density at radius 1 is 0.967 bits per heavy atom. The van der Waals surface area contributed by atoms with Crippen LogP contribution in [0, 0.1) is 6.92 Å². The van der Waals surface area contributed by atoms with Crippen molar-refractivity contribution in [1.82, 2.24) is 0 Å². The predicted molar refractivity (Wildman–Crippen MR) is 121 cm³/mol. The Labute approximate surface area is 179 Å².